The fraction of sp³-hybridized carbons (Fsp3) is 0.222. The van der Waals surface area contributed by atoms with E-state index in [0.717, 1.165) is 6.54 Å². The lowest BCUT2D eigenvalue weighted by atomic mass is 10.6. The zero-order valence-corrected chi connectivity index (χ0v) is 10.2. The maximum atomic E-state index is 5.63. The van der Waals surface area contributed by atoms with Crippen molar-refractivity contribution in [3.8, 4) is 11.6 Å². The second kappa shape index (κ2) is 4.48. The van der Waals surface area contributed by atoms with Gasteiger partial charge in [-0.25, -0.2) is 9.97 Å². The third-order valence-electron chi connectivity index (χ3n) is 1.89. The van der Waals surface area contributed by atoms with E-state index in [-0.39, 0.29) is 11.7 Å². The Hall–Kier alpha value is -1.63. The zero-order valence-electron chi connectivity index (χ0n) is 8.59. The number of hydrogen-bond donors (Lipinski definition) is 1. The summed E-state index contributed by atoms with van der Waals surface area (Å²) in [6, 6.07) is 0. The summed E-state index contributed by atoms with van der Waals surface area (Å²) in [5, 5.41) is 4.07. The molecule has 0 amide bonds. The Bertz CT molecular complexity index is 498. The van der Waals surface area contributed by atoms with E-state index in [2.05, 4.69) is 31.0 Å². The SMILES string of the molecule is CCn1cc(Oc2nc(Br)cnc2N)cn1. The molecule has 2 N–H and O–H groups in total. The quantitative estimate of drug-likeness (QED) is 0.930. The Balaban J connectivity index is 2.22. The summed E-state index contributed by atoms with van der Waals surface area (Å²) in [5.41, 5.74) is 5.63. The van der Waals surface area contributed by atoms with E-state index in [0.29, 0.717) is 10.4 Å². The van der Waals surface area contributed by atoms with Gasteiger partial charge >= 0.3 is 0 Å². The molecule has 0 saturated carbocycles. The maximum Gasteiger partial charge on any atom is 0.263 e. The third-order valence-corrected chi connectivity index (χ3v) is 2.27. The molecule has 16 heavy (non-hydrogen) atoms. The van der Waals surface area contributed by atoms with E-state index in [1.165, 1.54) is 6.20 Å². The van der Waals surface area contributed by atoms with Crippen LogP contribution in [0.25, 0.3) is 0 Å². The molecule has 2 aromatic rings. The summed E-state index contributed by atoms with van der Waals surface area (Å²) in [6.45, 7) is 2.77. The van der Waals surface area contributed by atoms with Crippen molar-refractivity contribution in [1.82, 2.24) is 19.7 Å². The number of anilines is 1. The van der Waals surface area contributed by atoms with Crippen molar-refractivity contribution in [1.29, 1.82) is 0 Å². The van der Waals surface area contributed by atoms with Gasteiger partial charge in [-0.15, -0.1) is 0 Å². The number of nitrogens with two attached hydrogens (primary N) is 1. The van der Waals surface area contributed by atoms with Crippen LogP contribution in [0.4, 0.5) is 5.82 Å². The van der Waals surface area contributed by atoms with E-state index in [1.807, 2.05) is 6.92 Å². The molecule has 2 heterocycles. The van der Waals surface area contributed by atoms with Crippen molar-refractivity contribution in [2.24, 2.45) is 0 Å². The standard InChI is InChI=1S/C9H10BrN5O/c1-2-15-5-6(3-13-15)16-9-8(11)12-4-7(10)14-9/h3-5H,2H2,1H3,(H2,11,12). The predicted octanol–water partition coefficient (Wildman–Crippen LogP) is 1.83. The highest BCUT2D eigenvalue weighted by molar-refractivity contribution is 9.10. The highest BCUT2D eigenvalue weighted by Gasteiger charge is 2.07. The average Bonchev–Trinajstić information content (AvgIpc) is 2.71. The summed E-state index contributed by atoms with van der Waals surface area (Å²) in [7, 11) is 0. The molecule has 0 bridgehead atoms. The molecule has 0 saturated heterocycles. The monoisotopic (exact) mass is 283 g/mol. The number of nitrogen functional groups attached to an aromatic ring is 1. The van der Waals surface area contributed by atoms with Crippen molar-refractivity contribution in [2.45, 2.75) is 13.5 Å². The molecule has 0 radical (unpaired) electrons. The normalized spacial score (nSPS) is 10.4. The molecule has 0 spiro atoms. The van der Waals surface area contributed by atoms with E-state index >= 15 is 0 Å². The summed E-state index contributed by atoms with van der Waals surface area (Å²) in [4.78, 5) is 7.99. The lowest BCUT2D eigenvalue weighted by Crippen LogP contribution is -1.97. The second-order valence-corrected chi connectivity index (χ2v) is 3.83. The predicted molar refractivity (Wildman–Crippen MR) is 62.1 cm³/mol. The van der Waals surface area contributed by atoms with Gasteiger partial charge in [0.25, 0.3) is 5.88 Å². The Kier molecular flexibility index (Phi) is 3.04. The fourth-order valence-corrected chi connectivity index (χ4v) is 1.38. The van der Waals surface area contributed by atoms with Crippen LogP contribution < -0.4 is 10.5 Å². The van der Waals surface area contributed by atoms with Gasteiger partial charge in [-0.1, -0.05) is 0 Å². The van der Waals surface area contributed by atoms with Crippen LogP contribution in [0.5, 0.6) is 11.6 Å². The van der Waals surface area contributed by atoms with Crippen molar-refractivity contribution in [3.63, 3.8) is 0 Å². The van der Waals surface area contributed by atoms with Crippen LogP contribution in [-0.4, -0.2) is 19.7 Å². The molecule has 0 aliphatic carbocycles. The van der Waals surface area contributed by atoms with Gasteiger partial charge in [0.1, 0.15) is 4.60 Å². The number of aromatic nitrogens is 4. The highest BCUT2D eigenvalue weighted by Crippen LogP contribution is 2.24. The molecule has 0 atom stereocenters. The van der Waals surface area contributed by atoms with Gasteiger partial charge < -0.3 is 10.5 Å². The number of hydrogen-bond acceptors (Lipinski definition) is 5. The van der Waals surface area contributed by atoms with Gasteiger partial charge in [0.2, 0.25) is 0 Å². The van der Waals surface area contributed by atoms with E-state index in [4.69, 9.17) is 10.5 Å². The van der Waals surface area contributed by atoms with Gasteiger partial charge in [0.15, 0.2) is 11.6 Å². The summed E-state index contributed by atoms with van der Waals surface area (Å²) in [5.74, 6) is 1.10. The van der Waals surface area contributed by atoms with Crippen LogP contribution in [0.15, 0.2) is 23.2 Å². The number of rotatable bonds is 3. The molecule has 7 heteroatoms. The summed E-state index contributed by atoms with van der Waals surface area (Å²) < 4.78 is 7.78. The number of nitrogens with zero attached hydrogens (tertiary/aromatic N) is 4. The highest BCUT2D eigenvalue weighted by atomic mass is 79.9. The van der Waals surface area contributed by atoms with Gasteiger partial charge in [-0.3, -0.25) is 4.68 Å². The molecular formula is C9H10BrN5O. The Morgan fingerprint density at radius 2 is 2.31 bits per heavy atom. The molecule has 0 aliphatic rings. The Morgan fingerprint density at radius 1 is 1.50 bits per heavy atom. The molecule has 84 valence electrons. The molecule has 0 fully saturated rings. The topological polar surface area (TPSA) is 78.8 Å². The molecular weight excluding hydrogens is 274 g/mol. The minimum Gasteiger partial charge on any atom is -0.433 e. The van der Waals surface area contributed by atoms with Crippen LogP contribution in [0.1, 0.15) is 6.92 Å². The van der Waals surface area contributed by atoms with Crippen LogP contribution in [0.3, 0.4) is 0 Å². The van der Waals surface area contributed by atoms with Crippen LogP contribution in [0, 0.1) is 0 Å². The maximum absolute atomic E-state index is 5.63. The summed E-state index contributed by atoms with van der Waals surface area (Å²) >= 11 is 3.20. The Labute approximate surface area is 101 Å². The first-order valence-electron chi connectivity index (χ1n) is 4.67. The number of aryl methyl sites for hydroxylation is 1. The van der Waals surface area contributed by atoms with Crippen molar-refractivity contribution >= 4 is 21.7 Å². The van der Waals surface area contributed by atoms with Crippen molar-refractivity contribution in [2.75, 3.05) is 5.73 Å². The summed E-state index contributed by atoms with van der Waals surface area (Å²) in [6.07, 6.45) is 4.88. The van der Waals surface area contributed by atoms with E-state index in [9.17, 15) is 0 Å². The van der Waals surface area contributed by atoms with Gasteiger partial charge in [-0.05, 0) is 22.9 Å². The number of halogens is 1. The van der Waals surface area contributed by atoms with Gasteiger partial charge in [-0.2, -0.15) is 5.10 Å². The van der Waals surface area contributed by atoms with Gasteiger partial charge in [0.05, 0.1) is 18.6 Å². The smallest absolute Gasteiger partial charge is 0.263 e. The Morgan fingerprint density at radius 3 is 3.00 bits per heavy atom. The first-order chi connectivity index (χ1) is 7.69. The van der Waals surface area contributed by atoms with Crippen LogP contribution >= 0.6 is 15.9 Å². The van der Waals surface area contributed by atoms with Crippen molar-refractivity contribution in [3.05, 3.63) is 23.2 Å². The number of ether oxygens (including phenoxy) is 1. The first-order valence-corrected chi connectivity index (χ1v) is 5.46. The molecule has 2 aromatic heterocycles. The molecule has 0 aliphatic heterocycles. The second-order valence-electron chi connectivity index (χ2n) is 3.02. The fourth-order valence-electron chi connectivity index (χ4n) is 1.12. The van der Waals surface area contributed by atoms with E-state index < -0.39 is 0 Å². The lowest BCUT2D eigenvalue weighted by Gasteiger charge is -2.03. The molecule has 0 unspecified atom stereocenters. The largest absolute Gasteiger partial charge is 0.433 e. The first kappa shape index (κ1) is 10.9. The lowest BCUT2D eigenvalue weighted by molar-refractivity contribution is 0.461. The van der Waals surface area contributed by atoms with E-state index in [1.54, 1.807) is 17.1 Å². The van der Waals surface area contributed by atoms with Crippen LogP contribution in [0.2, 0.25) is 0 Å². The minimum atomic E-state index is 0.243. The zero-order chi connectivity index (χ0) is 11.5. The molecule has 0 aromatic carbocycles. The van der Waals surface area contributed by atoms with Crippen LogP contribution in [-0.2, 0) is 6.54 Å². The third kappa shape index (κ3) is 2.30. The molecule has 2 rings (SSSR count). The van der Waals surface area contributed by atoms with Gasteiger partial charge in [0, 0.05) is 6.54 Å². The minimum absolute atomic E-state index is 0.243. The average molecular weight is 284 g/mol. The van der Waals surface area contributed by atoms with Crippen molar-refractivity contribution < 1.29 is 4.74 Å². The molecule has 6 nitrogen and oxygen atoms in total.